The molecule has 0 bridgehead atoms. The van der Waals surface area contributed by atoms with Crippen molar-refractivity contribution in [2.24, 2.45) is 10.7 Å². The number of aromatic nitrogens is 2. The second-order valence-electron chi connectivity index (χ2n) is 9.69. The Morgan fingerprint density at radius 3 is 2.61 bits per heavy atom. The van der Waals surface area contributed by atoms with Gasteiger partial charge in [-0.05, 0) is 26.0 Å². The molecule has 11 heteroatoms. The lowest BCUT2D eigenvalue weighted by Gasteiger charge is -2.41. The first-order valence-corrected chi connectivity index (χ1v) is 12.1. The van der Waals surface area contributed by atoms with Gasteiger partial charge < -0.3 is 20.2 Å². The minimum Gasteiger partial charge on any atom is -0.389 e. The van der Waals surface area contributed by atoms with E-state index in [1.54, 1.807) is 17.2 Å². The van der Waals surface area contributed by atoms with Crippen LogP contribution in [0.3, 0.4) is 0 Å². The van der Waals surface area contributed by atoms with Gasteiger partial charge in [0.15, 0.2) is 0 Å². The molecule has 2 aromatic rings. The molecule has 3 aliphatic heterocycles. The standard InChI is InChI=1S/C25H32F2N8O/c1-17-13-33(22-9-20(26)8-21(27)10-22)7-6-32(17)5-3-4-19-12-31-35(18(19)2)25(28)11-24(29-16-30-25)34-14-23(36)15-34/h3-4,8-12,16-17,23,36H,5-7,13-15,28H2,1-2H3,(H,29,30)/t17-,25?/m0/s1. The van der Waals surface area contributed by atoms with Crippen LogP contribution < -0.4 is 16.0 Å². The van der Waals surface area contributed by atoms with Gasteiger partial charge in [-0.3, -0.25) is 10.6 Å². The van der Waals surface area contributed by atoms with Crippen molar-refractivity contribution in [3.63, 3.8) is 0 Å². The van der Waals surface area contributed by atoms with Crippen molar-refractivity contribution in [3.05, 3.63) is 65.3 Å². The zero-order valence-corrected chi connectivity index (χ0v) is 20.5. The number of nitrogens with zero attached hydrogens (tertiary/aromatic N) is 6. The molecule has 2 saturated heterocycles. The van der Waals surface area contributed by atoms with E-state index in [1.807, 2.05) is 28.9 Å². The minimum absolute atomic E-state index is 0.221. The van der Waals surface area contributed by atoms with Crippen LogP contribution in [0.4, 0.5) is 14.5 Å². The third kappa shape index (κ3) is 4.86. The Balaban J connectivity index is 1.21. The molecule has 0 amide bonds. The molecule has 9 nitrogen and oxygen atoms in total. The van der Waals surface area contributed by atoms with Crippen molar-refractivity contribution in [2.45, 2.75) is 31.8 Å². The number of aliphatic hydroxyl groups excluding tert-OH is 1. The highest BCUT2D eigenvalue weighted by Gasteiger charge is 2.34. The Hall–Kier alpha value is -3.28. The van der Waals surface area contributed by atoms with E-state index < -0.39 is 17.4 Å². The number of likely N-dealkylation sites (tertiary alicyclic amines) is 1. The number of aliphatic imine (C=N–C) groups is 1. The van der Waals surface area contributed by atoms with E-state index in [0.717, 1.165) is 36.2 Å². The van der Waals surface area contributed by atoms with Gasteiger partial charge in [-0.15, -0.1) is 0 Å². The number of nitrogens with two attached hydrogens (primary N) is 1. The number of hydrogen-bond acceptors (Lipinski definition) is 8. The summed E-state index contributed by atoms with van der Waals surface area (Å²) in [6, 6.07) is 3.88. The molecule has 0 aliphatic carbocycles. The minimum atomic E-state index is -1.15. The van der Waals surface area contributed by atoms with Gasteiger partial charge in [-0.1, -0.05) is 12.2 Å². The topological polar surface area (TPSA) is 98.2 Å². The molecule has 1 aromatic heterocycles. The fourth-order valence-electron chi connectivity index (χ4n) is 4.92. The molecule has 0 saturated carbocycles. The van der Waals surface area contributed by atoms with E-state index in [9.17, 15) is 13.9 Å². The summed E-state index contributed by atoms with van der Waals surface area (Å²) < 4.78 is 28.9. The van der Waals surface area contributed by atoms with Crippen LogP contribution in [0.5, 0.6) is 0 Å². The Morgan fingerprint density at radius 1 is 1.17 bits per heavy atom. The van der Waals surface area contributed by atoms with Crippen molar-refractivity contribution in [2.75, 3.05) is 44.2 Å². The van der Waals surface area contributed by atoms with Crippen LogP contribution in [-0.4, -0.2) is 82.4 Å². The van der Waals surface area contributed by atoms with E-state index in [2.05, 4.69) is 33.3 Å². The lowest BCUT2D eigenvalue weighted by molar-refractivity contribution is 0.0204. The third-order valence-electron chi connectivity index (χ3n) is 7.04. The van der Waals surface area contributed by atoms with E-state index in [0.29, 0.717) is 31.9 Å². The maximum atomic E-state index is 13.6. The molecule has 4 heterocycles. The number of aliphatic hydroxyl groups is 1. The quantitative estimate of drug-likeness (QED) is 0.554. The van der Waals surface area contributed by atoms with Gasteiger partial charge in [0.05, 0.1) is 18.6 Å². The number of hydrogen-bond donors (Lipinski definition) is 3. The monoisotopic (exact) mass is 498 g/mol. The molecule has 0 spiro atoms. The average molecular weight is 499 g/mol. The Labute approximate surface area is 209 Å². The molecule has 2 atom stereocenters. The van der Waals surface area contributed by atoms with Gasteiger partial charge >= 0.3 is 0 Å². The number of rotatable bonds is 6. The highest BCUT2D eigenvalue weighted by molar-refractivity contribution is 5.60. The molecule has 1 unspecified atom stereocenters. The Bertz CT molecular complexity index is 1180. The number of halogens is 2. The molecule has 2 fully saturated rings. The Kier molecular flexibility index (Phi) is 6.54. The molecule has 192 valence electrons. The third-order valence-corrected chi connectivity index (χ3v) is 7.04. The summed E-state index contributed by atoms with van der Waals surface area (Å²) in [5.41, 5.74) is 9.01. The van der Waals surface area contributed by atoms with Gasteiger partial charge in [0.25, 0.3) is 0 Å². The number of nitrogens with one attached hydrogen (secondary N) is 1. The average Bonchev–Trinajstić information content (AvgIpc) is 3.18. The molecule has 3 aliphatic rings. The van der Waals surface area contributed by atoms with Crippen molar-refractivity contribution in [1.82, 2.24) is 24.9 Å². The molecular formula is C25H32F2N8O. The number of β-amino-alcohol motifs (C(OH)–C–C–N with tert-alkyl or cyclic N) is 1. The smallest absolute Gasteiger partial charge is 0.228 e. The van der Waals surface area contributed by atoms with Gasteiger partial charge in [0.1, 0.15) is 17.5 Å². The Morgan fingerprint density at radius 2 is 1.92 bits per heavy atom. The van der Waals surface area contributed by atoms with Crippen LogP contribution >= 0.6 is 0 Å². The fraction of sp³-hybridized carbons (Fsp3) is 0.440. The molecule has 0 radical (unpaired) electrons. The largest absolute Gasteiger partial charge is 0.389 e. The van der Waals surface area contributed by atoms with Gasteiger partial charge in [0, 0.05) is 74.4 Å². The highest BCUT2D eigenvalue weighted by Crippen LogP contribution is 2.25. The van der Waals surface area contributed by atoms with Crippen molar-refractivity contribution in [3.8, 4) is 0 Å². The molecule has 1 aromatic carbocycles. The van der Waals surface area contributed by atoms with Crippen molar-refractivity contribution in [1.29, 1.82) is 0 Å². The summed E-state index contributed by atoms with van der Waals surface area (Å²) in [6.45, 7) is 8.11. The van der Waals surface area contributed by atoms with Gasteiger partial charge in [-0.2, -0.15) is 5.10 Å². The maximum absolute atomic E-state index is 13.6. The molecule has 4 N–H and O–H groups in total. The van der Waals surface area contributed by atoms with Crippen LogP contribution in [0, 0.1) is 18.6 Å². The number of anilines is 1. The maximum Gasteiger partial charge on any atom is 0.228 e. The zero-order chi connectivity index (χ0) is 25.4. The van der Waals surface area contributed by atoms with Crippen LogP contribution in [0.1, 0.15) is 18.2 Å². The first-order valence-electron chi connectivity index (χ1n) is 12.1. The number of benzene rings is 1. The van der Waals surface area contributed by atoms with Gasteiger partial charge in [-0.25, -0.2) is 18.5 Å². The van der Waals surface area contributed by atoms with Crippen LogP contribution in [-0.2, 0) is 5.79 Å². The summed E-state index contributed by atoms with van der Waals surface area (Å²) in [7, 11) is 0. The first-order chi connectivity index (χ1) is 17.2. The van der Waals surface area contributed by atoms with Crippen LogP contribution in [0.15, 0.2) is 47.4 Å². The summed E-state index contributed by atoms with van der Waals surface area (Å²) in [6.07, 6.45) is 8.97. The highest BCUT2D eigenvalue weighted by atomic mass is 19.1. The lowest BCUT2D eigenvalue weighted by atomic mass is 10.1. The van der Waals surface area contributed by atoms with E-state index >= 15 is 0 Å². The summed E-state index contributed by atoms with van der Waals surface area (Å²) in [5, 5.41) is 17.2. The summed E-state index contributed by atoms with van der Waals surface area (Å²) in [5.74, 6) is -1.46. The van der Waals surface area contributed by atoms with Crippen LogP contribution in [0.25, 0.3) is 6.08 Å². The predicted molar refractivity (Wildman–Crippen MR) is 135 cm³/mol. The fourth-order valence-corrected chi connectivity index (χ4v) is 4.92. The molecule has 5 rings (SSSR count). The molecular weight excluding hydrogens is 466 g/mol. The van der Waals surface area contributed by atoms with Crippen molar-refractivity contribution < 1.29 is 13.9 Å². The second-order valence-corrected chi connectivity index (χ2v) is 9.69. The van der Waals surface area contributed by atoms with E-state index in [4.69, 9.17) is 5.73 Å². The number of piperazine rings is 1. The normalized spacial score (nSPS) is 25.3. The summed E-state index contributed by atoms with van der Waals surface area (Å²) >= 11 is 0. The second kappa shape index (κ2) is 9.64. The molecule has 36 heavy (non-hydrogen) atoms. The first kappa shape index (κ1) is 24.4. The lowest BCUT2D eigenvalue weighted by Crippen LogP contribution is -2.55. The SMILES string of the molecule is Cc1c(C=CCN2CCN(c3cc(F)cc(F)c3)C[C@@H]2C)cnn1C1(N)C=C(N2CC(O)C2)NC=N1. The summed E-state index contributed by atoms with van der Waals surface area (Å²) in [4.78, 5) is 10.8. The van der Waals surface area contributed by atoms with Crippen LogP contribution in [0.2, 0.25) is 0 Å². The van der Waals surface area contributed by atoms with E-state index in [-0.39, 0.29) is 12.1 Å². The van der Waals surface area contributed by atoms with E-state index in [1.165, 1.54) is 12.1 Å². The predicted octanol–water partition coefficient (Wildman–Crippen LogP) is 1.41. The zero-order valence-electron chi connectivity index (χ0n) is 20.5. The van der Waals surface area contributed by atoms with Crippen molar-refractivity contribution >= 4 is 18.1 Å². The van der Waals surface area contributed by atoms with Gasteiger partial charge in [0.2, 0.25) is 5.79 Å².